The topological polar surface area (TPSA) is 51.9 Å². The van der Waals surface area contributed by atoms with E-state index in [4.69, 9.17) is 13.9 Å². The second kappa shape index (κ2) is 6.78. The van der Waals surface area contributed by atoms with Crippen LogP contribution >= 0.6 is 0 Å². The standard InChI is InChI=1S/C16H15F2NO4/c17-12-4-3-11(8-13(12)18)23-10-16(20)19-5-7-21-9-14(19)15-2-1-6-22-15/h1-4,6,8,14H,5,7,9-10H2/t14-/m0/s1. The highest BCUT2D eigenvalue weighted by molar-refractivity contribution is 5.78. The lowest BCUT2D eigenvalue weighted by atomic mass is 10.1. The summed E-state index contributed by atoms with van der Waals surface area (Å²) >= 11 is 0. The molecule has 1 aromatic heterocycles. The molecular weight excluding hydrogens is 308 g/mol. The largest absolute Gasteiger partial charge is 0.484 e. The Morgan fingerprint density at radius 1 is 1.30 bits per heavy atom. The Bertz CT molecular complexity index is 675. The molecule has 0 spiro atoms. The van der Waals surface area contributed by atoms with Crippen LogP contribution in [0.3, 0.4) is 0 Å². The molecule has 2 aromatic rings. The van der Waals surface area contributed by atoms with Gasteiger partial charge < -0.3 is 18.8 Å². The molecule has 2 heterocycles. The Morgan fingerprint density at radius 3 is 2.91 bits per heavy atom. The fourth-order valence-electron chi connectivity index (χ4n) is 2.41. The van der Waals surface area contributed by atoms with Gasteiger partial charge in [-0.3, -0.25) is 4.79 Å². The number of carbonyl (C=O) groups is 1. The lowest BCUT2D eigenvalue weighted by molar-refractivity contribution is -0.143. The van der Waals surface area contributed by atoms with Crippen molar-refractivity contribution in [2.75, 3.05) is 26.4 Å². The highest BCUT2D eigenvalue weighted by Crippen LogP contribution is 2.25. The first-order valence-electron chi connectivity index (χ1n) is 7.13. The number of rotatable bonds is 4. The van der Waals surface area contributed by atoms with Crippen LogP contribution in [0, 0.1) is 11.6 Å². The first-order chi connectivity index (χ1) is 11.1. The van der Waals surface area contributed by atoms with Crippen molar-refractivity contribution < 1.29 is 27.5 Å². The van der Waals surface area contributed by atoms with Crippen molar-refractivity contribution in [2.24, 2.45) is 0 Å². The molecule has 122 valence electrons. The maximum absolute atomic E-state index is 13.1. The second-order valence-electron chi connectivity index (χ2n) is 5.06. The summed E-state index contributed by atoms with van der Waals surface area (Å²) in [6.45, 7) is 0.895. The third-order valence-electron chi connectivity index (χ3n) is 3.57. The van der Waals surface area contributed by atoms with Crippen molar-refractivity contribution in [1.29, 1.82) is 0 Å². The fraction of sp³-hybridized carbons (Fsp3) is 0.312. The summed E-state index contributed by atoms with van der Waals surface area (Å²) in [6.07, 6.45) is 1.53. The van der Waals surface area contributed by atoms with Gasteiger partial charge in [-0.25, -0.2) is 8.78 Å². The molecule has 0 aliphatic carbocycles. The van der Waals surface area contributed by atoms with Crippen LogP contribution in [0.2, 0.25) is 0 Å². The number of hydrogen-bond donors (Lipinski definition) is 0. The Balaban J connectivity index is 1.65. The van der Waals surface area contributed by atoms with Crippen LogP contribution < -0.4 is 4.74 Å². The van der Waals surface area contributed by atoms with Gasteiger partial charge >= 0.3 is 0 Å². The van der Waals surface area contributed by atoms with Crippen molar-refractivity contribution in [3.8, 4) is 5.75 Å². The van der Waals surface area contributed by atoms with Gasteiger partial charge in [0.05, 0.1) is 19.5 Å². The minimum Gasteiger partial charge on any atom is -0.484 e. The molecule has 0 N–H and O–H groups in total. The van der Waals surface area contributed by atoms with Gasteiger partial charge in [-0.2, -0.15) is 0 Å². The van der Waals surface area contributed by atoms with Crippen LogP contribution in [0.25, 0.3) is 0 Å². The van der Waals surface area contributed by atoms with E-state index in [9.17, 15) is 13.6 Å². The number of amides is 1. The van der Waals surface area contributed by atoms with Crippen LogP contribution in [0.5, 0.6) is 5.75 Å². The molecule has 1 saturated heterocycles. The van der Waals surface area contributed by atoms with E-state index < -0.39 is 11.6 Å². The Labute approximate surface area is 131 Å². The van der Waals surface area contributed by atoms with E-state index >= 15 is 0 Å². The van der Waals surface area contributed by atoms with Crippen molar-refractivity contribution >= 4 is 5.91 Å². The minimum atomic E-state index is -1.02. The highest BCUT2D eigenvalue weighted by atomic mass is 19.2. The number of halogens is 2. The van der Waals surface area contributed by atoms with Crippen molar-refractivity contribution in [3.05, 3.63) is 54.0 Å². The number of hydrogen-bond acceptors (Lipinski definition) is 4. The summed E-state index contributed by atoms with van der Waals surface area (Å²) in [5.41, 5.74) is 0. The minimum absolute atomic E-state index is 0.0973. The first kappa shape index (κ1) is 15.5. The summed E-state index contributed by atoms with van der Waals surface area (Å²) in [6, 6.07) is 6.33. The van der Waals surface area contributed by atoms with Crippen LogP contribution in [0.15, 0.2) is 41.0 Å². The van der Waals surface area contributed by atoms with Gasteiger partial charge in [-0.15, -0.1) is 0 Å². The molecule has 23 heavy (non-hydrogen) atoms. The van der Waals surface area contributed by atoms with Gasteiger partial charge in [0.2, 0.25) is 0 Å². The Kier molecular flexibility index (Phi) is 4.57. The average Bonchev–Trinajstić information content (AvgIpc) is 3.10. The maximum Gasteiger partial charge on any atom is 0.261 e. The number of morpholine rings is 1. The lowest BCUT2D eigenvalue weighted by Gasteiger charge is -2.34. The average molecular weight is 323 g/mol. The molecule has 0 saturated carbocycles. The van der Waals surface area contributed by atoms with Crippen LogP contribution in [-0.2, 0) is 9.53 Å². The molecule has 1 aliphatic heterocycles. The van der Waals surface area contributed by atoms with Gasteiger partial charge in [-0.1, -0.05) is 0 Å². The zero-order chi connectivity index (χ0) is 16.2. The van der Waals surface area contributed by atoms with Gasteiger partial charge in [-0.05, 0) is 24.3 Å². The molecule has 3 rings (SSSR count). The van der Waals surface area contributed by atoms with Gasteiger partial charge in [0, 0.05) is 12.6 Å². The Hall–Kier alpha value is -2.41. The summed E-state index contributed by atoms with van der Waals surface area (Å²) in [5, 5.41) is 0. The van der Waals surface area contributed by atoms with E-state index in [-0.39, 0.29) is 24.3 Å². The Morgan fingerprint density at radius 2 is 2.17 bits per heavy atom. The van der Waals surface area contributed by atoms with E-state index in [1.807, 2.05) is 0 Å². The third kappa shape index (κ3) is 3.50. The lowest BCUT2D eigenvalue weighted by Crippen LogP contribution is -2.45. The normalized spacial score (nSPS) is 18.0. The molecule has 7 heteroatoms. The maximum atomic E-state index is 13.1. The predicted molar refractivity (Wildman–Crippen MR) is 75.8 cm³/mol. The predicted octanol–water partition coefficient (Wildman–Crippen LogP) is 2.54. The fourth-order valence-corrected chi connectivity index (χ4v) is 2.41. The molecule has 1 aromatic carbocycles. The SMILES string of the molecule is O=C(COc1ccc(F)c(F)c1)N1CCOC[C@H]1c1ccco1. The number of ether oxygens (including phenoxy) is 2. The zero-order valence-corrected chi connectivity index (χ0v) is 12.2. The number of nitrogens with zero attached hydrogens (tertiary/aromatic N) is 1. The van der Waals surface area contributed by atoms with Crippen LogP contribution in [0.4, 0.5) is 8.78 Å². The quantitative estimate of drug-likeness (QED) is 0.868. The van der Waals surface area contributed by atoms with Gasteiger partial charge in [0.1, 0.15) is 17.6 Å². The van der Waals surface area contributed by atoms with Crippen molar-refractivity contribution in [2.45, 2.75) is 6.04 Å². The van der Waals surface area contributed by atoms with Crippen LogP contribution in [-0.4, -0.2) is 37.2 Å². The molecule has 1 atom stereocenters. The number of furan rings is 1. The molecule has 0 radical (unpaired) electrons. The van der Waals surface area contributed by atoms with E-state index in [1.54, 1.807) is 17.0 Å². The zero-order valence-electron chi connectivity index (χ0n) is 12.2. The second-order valence-corrected chi connectivity index (χ2v) is 5.06. The molecule has 1 fully saturated rings. The molecule has 1 aliphatic rings. The first-order valence-corrected chi connectivity index (χ1v) is 7.13. The van der Waals surface area contributed by atoms with E-state index in [2.05, 4.69) is 0 Å². The number of carbonyl (C=O) groups excluding carboxylic acids is 1. The number of benzene rings is 1. The van der Waals surface area contributed by atoms with E-state index in [0.717, 1.165) is 12.1 Å². The summed E-state index contributed by atoms with van der Waals surface area (Å²) in [4.78, 5) is 14.0. The molecular formula is C16H15F2NO4. The van der Waals surface area contributed by atoms with Crippen molar-refractivity contribution in [3.63, 3.8) is 0 Å². The summed E-state index contributed by atoms with van der Waals surface area (Å²) in [5.74, 6) is -1.53. The molecule has 0 bridgehead atoms. The van der Waals surface area contributed by atoms with Crippen molar-refractivity contribution in [1.82, 2.24) is 4.90 Å². The van der Waals surface area contributed by atoms with Gasteiger partial charge in [0.25, 0.3) is 5.91 Å². The molecule has 0 unspecified atom stereocenters. The van der Waals surface area contributed by atoms with E-state index in [0.29, 0.717) is 25.5 Å². The molecule has 5 nitrogen and oxygen atoms in total. The smallest absolute Gasteiger partial charge is 0.261 e. The third-order valence-corrected chi connectivity index (χ3v) is 3.57. The molecule has 1 amide bonds. The highest BCUT2D eigenvalue weighted by Gasteiger charge is 2.30. The summed E-state index contributed by atoms with van der Waals surface area (Å²) in [7, 11) is 0. The van der Waals surface area contributed by atoms with Gasteiger partial charge in [0.15, 0.2) is 18.2 Å². The summed E-state index contributed by atoms with van der Waals surface area (Å²) < 4.78 is 42.0. The monoisotopic (exact) mass is 323 g/mol. The van der Waals surface area contributed by atoms with Crippen LogP contribution in [0.1, 0.15) is 11.8 Å². The van der Waals surface area contributed by atoms with E-state index in [1.165, 1.54) is 12.3 Å².